The van der Waals surface area contributed by atoms with Crippen molar-refractivity contribution in [1.29, 1.82) is 0 Å². The highest BCUT2D eigenvalue weighted by atomic mass is 16.2. The van der Waals surface area contributed by atoms with Gasteiger partial charge in [0.15, 0.2) is 12.2 Å². The van der Waals surface area contributed by atoms with Gasteiger partial charge < -0.3 is 14.7 Å². The predicted molar refractivity (Wildman–Crippen MR) is 107 cm³/mol. The number of benzene rings is 1. The van der Waals surface area contributed by atoms with E-state index in [-0.39, 0.29) is 24.5 Å². The van der Waals surface area contributed by atoms with Crippen LogP contribution in [0.2, 0.25) is 0 Å². The second-order valence-corrected chi connectivity index (χ2v) is 7.33. The van der Waals surface area contributed by atoms with Crippen LogP contribution in [-0.2, 0) is 4.79 Å². The number of hydrogen-bond acceptors (Lipinski definition) is 5. The zero-order valence-corrected chi connectivity index (χ0v) is 16.6. The highest BCUT2D eigenvalue weighted by Gasteiger charge is 2.54. The molecule has 3 atom stereocenters. The van der Waals surface area contributed by atoms with E-state index in [1.54, 1.807) is 11.9 Å². The molecule has 7 heteroatoms. The first kappa shape index (κ1) is 18.3. The van der Waals surface area contributed by atoms with Gasteiger partial charge in [0.2, 0.25) is 5.96 Å². The van der Waals surface area contributed by atoms with Gasteiger partial charge in [-0.1, -0.05) is 42.5 Å². The van der Waals surface area contributed by atoms with E-state index in [0.29, 0.717) is 0 Å². The van der Waals surface area contributed by atoms with Crippen LogP contribution >= 0.6 is 0 Å². The van der Waals surface area contributed by atoms with E-state index in [4.69, 9.17) is 4.99 Å². The molecule has 28 heavy (non-hydrogen) atoms. The van der Waals surface area contributed by atoms with Crippen LogP contribution in [0.3, 0.4) is 0 Å². The SMILES string of the molecule is C/C=C/CN1C(=O)C2C(N=C3N2C=C(C)N3C(C)c2ccccc2)N(C)C1=O. The van der Waals surface area contributed by atoms with Crippen molar-refractivity contribution in [1.82, 2.24) is 19.6 Å². The molecule has 0 aromatic heterocycles. The molecule has 0 spiro atoms. The lowest BCUT2D eigenvalue weighted by Crippen LogP contribution is -2.64. The lowest BCUT2D eigenvalue weighted by atomic mass is 10.1. The van der Waals surface area contributed by atoms with Crippen molar-refractivity contribution in [3.8, 4) is 0 Å². The number of fused-ring (bicyclic) bond motifs is 3. The lowest BCUT2D eigenvalue weighted by Gasteiger charge is -2.39. The van der Waals surface area contributed by atoms with Gasteiger partial charge >= 0.3 is 6.03 Å². The normalized spacial score (nSPS) is 25.3. The summed E-state index contributed by atoms with van der Waals surface area (Å²) in [5.74, 6) is 0.521. The zero-order chi connectivity index (χ0) is 20.0. The van der Waals surface area contributed by atoms with E-state index in [0.717, 1.165) is 11.7 Å². The van der Waals surface area contributed by atoms with Crippen LogP contribution in [0.25, 0.3) is 0 Å². The summed E-state index contributed by atoms with van der Waals surface area (Å²) in [4.78, 5) is 37.6. The fraction of sp³-hybridized carbons (Fsp3) is 0.381. The molecule has 1 aromatic carbocycles. The van der Waals surface area contributed by atoms with E-state index < -0.39 is 12.2 Å². The number of carbonyl (C=O) groups is 2. The van der Waals surface area contributed by atoms with E-state index in [1.165, 1.54) is 10.5 Å². The third-order valence-corrected chi connectivity index (χ3v) is 5.62. The zero-order valence-electron chi connectivity index (χ0n) is 16.6. The molecular weight excluding hydrogens is 354 g/mol. The van der Waals surface area contributed by atoms with Crippen LogP contribution in [0, 0.1) is 0 Å². The highest BCUT2D eigenvalue weighted by Crippen LogP contribution is 2.38. The van der Waals surface area contributed by atoms with Crippen LogP contribution < -0.4 is 0 Å². The van der Waals surface area contributed by atoms with Gasteiger partial charge in [0.1, 0.15) is 0 Å². The topological polar surface area (TPSA) is 59.5 Å². The number of guanidine groups is 1. The van der Waals surface area contributed by atoms with Gasteiger partial charge in [0, 0.05) is 25.5 Å². The highest BCUT2D eigenvalue weighted by molar-refractivity contribution is 6.05. The van der Waals surface area contributed by atoms with E-state index in [1.807, 2.05) is 55.3 Å². The van der Waals surface area contributed by atoms with Gasteiger partial charge in [0.25, 0.3) is 5.91 Å². The molecule has 7 nitrogen and oxygen atoms in total. The van der Waals surface area contributed by atoms with Crippen molar-refractivity contribution < 1.29 is 9.59 Å². The Morgan fingerprint density at radius 3 is 2.61 bits per heavy atom. The number of rotatable bonds is 4. The number of likely N-dealkylation sites (N-methyl/N-ethyl adjacent to an activating group) is 1. The Labute approximate surface area is 165 Å². The Morgan fingerprint density at radius 2 is 1.93 bits per heavy atom. The average molecular weight is 379 g/mol. The molecule has 0 N–H and O–H groups in total. The molecule has 3 unspecified atom stereocenters. The van der Waals surface area contributed by atoms with Gasteiger partial charge in [-0.15, -0.1) is 0 Å². The maximum atomic E-state index is 13.1. The third-order valence-electron chi connectivity index (χ3n) is 5.62. The summed E-state index contributed by atoms with van der Waals surface area (Å²) in [6, 6.07) is 9.44. The first-order valence-electron chi connectivity index (χ1n) is 9.53. The van der Waals surface area contributed by atoms with Crippen LogP contribution in [0.1, 0.15) is 32.4 Å². The third kappa shape index (κ3) is 2.61. The van der Waals surface area contributed by atoms with Gasteiger partial charge in [-0.3, -0.25) is 9.69 Å². The molecular formula is C21H25N5O2. The Hall–Kier alpha value is -3.09. The smallest absolute Gasteiger partial charge is 0.308 e. The molecule has 0 saturated carbocycles. The summed E-state index contributed by atoms with van der Waals surface area (Å²) < 4.78 is 0. The molecule has 0 aliphatic carbocycles. The quantitative estimate of drug-likeness (QED) is 0.755. The average Bonchev–Trinajstić information content (AvgIpc) is 3.21. The maximum absolute atomic E-state index is 13.1. The molecule has 1 saturated heterocycles. The van der Waals surface area contributed by atoms with E-state index >= 15 is 0 Å². The Balaban J connectivity index is 1.67. The number of amides is 3. The van der Waals surface area contributed by atoms with Gasteiger partial charge in [-0.2, -0.15) is 0 Å². The molecule has 3 aliphatic rings. The van der Waals surface area contributed by atoms with Crippen LogP contribution in [-0.4, -0.2) is 63.3 Å². The number of nitrogens with zero attached hydrogens (tertiary/aromatic N) is 5. The second kappa shape index (κ2) is 6.82. The Bertz CT molecular complexity index is 891. The van der Waals surface area contributed by atoms with Crippen LogP contribution in [0.5, 0.6) is 0 Å². The molecule has 4 rings (SSSR count). The fourth-order valence-corrected chi connectivity index (χ4v) is 4.11. The number of aliphatic imine (C=N–C) groups is 1. The van der Waals surface area contributed by atoms with Crippen LogP contribution in [0.4, 0.5) is 4.79 Å². The second-order valence-electron chi connectivity index (χ2n) is 7.33. The number of carbonyl (C=O) groups excluding carboxylic acids is 2. The standard InChI is InChI=1S/C21H25N5O2/c1-5-6-12-24-19(27)17-18(23(4)21(24)28)22-20-25(17)13-14(2)26(20)15(3)16-10-8-7-9-11-16/h5-11,13,15,17-18H,12H2,1-4H3/b6-5+. The lowest BCUT2D eigenvalue weighted by molar-refractivity contribution is -0.136. The number of urea groups is 1. The van der Waals surface area contributed by atoms with Crippen molar-refractivity contribution in [2.45, 2.75) is 39.0 Å². The Kier molecular flexibility index (Phi) is 4.45. The summed E-state index contributed by atoms with van der Waals surface area (Å²) in [6.45, 7) is 6.29. The van der Waals surface area contributed by atoms with E-state index in [9.17, 15) is 9.59 Å². The summed E-state index contributed by atoms with van der Waals surface area (Å²) in [5, 5.41) is 0. The Morgan fingerprint density at radius 1 is 1.21 bits per heavy atom. The minimum atomic E-state index is -0.522. The molecule has 3 aliphatic heterocycles. The molecule has 0 radical (unpaired) electrons. The van der Waals surface area contributed by atoms with Crippen LogP contribution in [0.15, 0.2) is 59.4 Å². The molecule has 3 amide bonds. The minimum Gasteiger partial charge on any atom is -0.308 e. The minimum absolute atomic E-state index is 0.0663. The summed E-state index contributed by atoms with van der Waals surface area (Å²) in [7, 11) is 1.71. The molecule has 146 valence electrons. The van der Waals surface area contributed by atoms with Gasteiger partial charge in [0.05, 0.1) is 6.04 Å². The van der Waals surface area contributed by atoms with Gasteiger partial charge in [-0.05, 0) is 26.3 Å². The summed E-state index contributed by atoms with van der Waals surface area (Å²) in [6.07, 6.45) is 5.12. The van der Waals surface area contributed by atoms with Crippen molar-refractivity contribution in [2.75, 3.05) is 13.6 Å². The first-order chi connectivity index (χ1) is 13.5. The number of allylic oxidation sites excluding steroid dienone is 2. The molecule has 1 aromatic rings. The number of hydrogen-bond donors (Lipinski definition) is 0. The van der Waals surface area contributed by atoms with Crippen molar-refractivity contribution in [3.63, 3.8) is 0 Å². The molecule has 0 bridgehead atoms. The predicted octanol–water partition coefficient (Wildman–Crippen LogP) is 2.76. The summed E-state index contributed by atoms with van der Waals surface area (Å²) in [5.41, 5.74) is 2.20. The monoisotopic (exact) mass is 379 g/mol. The number of imide groups is 1. The van der Waals surface area contributed by atoms with E-state index in [2.05, 4.69) is 24.0 Å². The van der Waals surface area contributed by atoms with Gasteiger partial charge in [-0.25, -0.2) is 9.79 Å². The summed E-state index contributed by atoms with van der Waals surface area (Å²) >= 11 is 0. The first-order valence-corrected chi connectivity index (χ1v) is 9.53. The van der Waals surface area contributed by atoms with Crippen molar-refractivity contribution >= 4 is 17.9 Å². The van der Waals surface area contributed by atoms with Crippen molar-refractivity contribution in [3.05, 3.63) is 59.9 Å². The molecule has 3 heterocycles. The van der Waals surface area contributed by atoms with Crippen molar-refractivity contribution in [2.24, 2.45) is 4.99 Å². The maximum Gasteiger partial charge on any atom is 0.328 e. The molecule has 1 fully saturated rings. The largest absolute Gasteiger partial charge is 0.328 e. The fourth-order valence-electron chi connectivity index (χ4n) is 4.11.